The zero-order valence-electron chi connectivity index (χ0n) is 5.76. The molecule has 5 heteroatoms. The summed E-state index contributed by atoms with van der Waals surface area (Å²) in [6.07, 6.45) is 0. The first-order chi connectivity index (χ1) is 5.65. The highest BCUT2D eigenvalue weighted by atomic mass is 79.9. The number of hydrogen-bond donors (Lipinski definition) is 1. The summed E-state index contributed by atoms with van der Waals surface area (Å²) in [6.45, 7) is 0. The average Bonchev–Trinajstić information content (AvgIpc) is 2.03. The van der Waals surface area contributed by atoms with Crippen LogP contribution in [0.3, 0.4) is 0 Å². The maximum Gasteiger partial charge on any atom is 0.178 e. The van der Waals surface area contributed by atoms with Crippen molar-refractivity contribution in [3.63, 3.8) is 0 Å². The van der Waals surface area contributed by atoms with Crippen LogP contribution < -0.4 is 0 Å². The zero-order valence-corrected chi connectivity index (χ0v) is 8.10. The molecule has 0 saturated heterocycles. The molecule has 1 aromatic rings. The lowest BCUT2D eigenvalue weighted by Crippen LogP contribution is -1.95. The van der Waals surface area contributed by atoms with Gasteiger partial charge in [-0.05, 0) is 18.2 Å². The normalized spacial score (nSPS) is 11.8. The van der Waals surface area contributed by atoms with E-state index in [4.69, 9.17) is 16.8 Å². The van der Waals surface area contributed by atoms with Crippen molar-refractivity contribution in [2.24, 2.45) is 5.16 Å². The van der Waals surface area contributed by atoms with Crippen molar-refractivity contribution in [3.8, 4) is 0 Å². The minimum absolute atomic E-state index is 0.0716. The van der Waals surface area contributed by atoms with Crippen LogP contribution in [-0.2, 0) is 0 Å². The molecule has 12 heavy (non-hydrogen) atoms. The van der Waals surface area contributed by atoms with Crippen molar-refractivity contribution in [1.29, 1.82) is 0 Å². The smallest absolute Gasteiger partial charge is 0.178 e. The van der Waals surface area contributed by atoms with Gasteiger partial charge in [-0.15, -0.1) is 0 Å². The molecule has 1 rings (SSSR count). The second-order valence-corrected chi connectivity index (χ2v) is 3.29. The first-order valence-electron chi connectivity index (χ1n) is 2.98. The molecule has 2 nitrogen and oxygen atoms in total. The molecule has 64 valence electrons. The Morgan fingerprint density at radius 2 is 2.25 bits per heavy atom. The van der Waals surface area contributed by atoms with Crippen LogP contribution in [0.5, 0.6) is 0 Å². The first-order valence-corrected chi connectivity index (χ1v) is 4.15. The molecule has 1 N–H and O–H groups in total. The van der Waals surface area contributed by atoms with Crippen molar-refractivity contribution in [1.82, 2.24) is 0 Å². The number of nitrogens with zero attached hydrogens (tertiary/aromatic N) is 1. The molecule has 0 saturated carbocycles. The van der Waals surface area contributed by atoms with Gasteiger partial charge in [0.15, 0.2) is 5.17 Å². The standard InChI is InChI=1S/C7H4BrClFNO/c8-4-1-2-5(6(10)3-4)7(9)11-12/h1-3,12H/b11-7+. The van der Waals surface area contributed by atoms with E-state index in [2.05, 4.69) is 21.1 Å². The van der Waals surface area contributed by atoms with E-state index in [1.807, 2.05) is 0 Å². The van der Waals surface area contributed by atoms with Crippen molar-refractivity contribution >= 4 is 32.7 Å². The van der Waals surface area contributed by atoms with Crippen LogP contribution in [0, 0.1) is 5.82 Å². The molecule has 0 aliphatic carbocycles. The van der Waals surface area contributed by atoms with E-state index in [1.54, 1.807) is 6.07 Å². The van der Waals surface area contributed by atoms with Gasteiger partial charge >= 0.3 is 0 Å². The Hall–Kier alpha value is -0.610. The van der Waals surface area contributed by atoms with Crippen LogP contribution in [0.4, 0.5) is 4.39 Å². The van der Waals surface area contributed by atoms with Gasteiger partial charge in [0.05, 0.1) is 5.56 Å². The van der Waals surface area contributed by atoms with Crippen LogP contribution in [0.2, 0.25) is 0 Å². The van der Waals surface area contributed by atoms with Crippen LogP contribution in [0.25, 0.3) is 0 Å². The summed E-state index contributed by atoms with van der Waals surface area (Å²) in [5.41, 5.74) is 0.0716. The summed E-state index contributed by atoms with van der Waals surface area (Å²) in [5, 5.41) is 10.7. The largest absolute Gasteiger partial charge is 0.410 e. The highest BCUT2D eigenvalue weighted by Gasteiger charge is 2.07. The maximum atomic E-state index is 13.0. The Bertz CT molecular complexity index is 329. The highest BCUT2D eigenvalue weighted by Crippen LogP contribution is 2.16. The van der Waals surface area contributed by atoms with Crippen molar-refractivity contribution in [2.75, 3.05) is 0 Å². The van der Waals surface area contributed by atoms with E-state index < -0.39 is 5.82 Å². The molecule has 0 heterocycles. The number of rotatable bonds is 1. The molecule has 1 aromatic carbocycles. The molecule has 0 atom stereocenters. The van der Waals surface area contributed by atoms with E-state index >= 15 is 0 Å². The lowest BCUT2D eigenvalue weighted by atomic mass is 10.2. The summed E-state index contributed by atoms with van der Waals surface area (Å²) in [5.74, 6) is -0.535. The summed E-state index contributed by atoms with van der Waals surface area (Å²) in [7, 11) is 0. The second kappa shape index (κ2) is 3.87. The van der Waals surface area contributed by atoms with E-state index in [0.29, 0.717) is 4.47 Å². The molecule has 0 bridgehead atoms. The highest BCUT2D eigenvalue weighted by molar-refractivity contribution is 9.10. The topological polar surface area (TPSA) is 32.6 Å². The molecule has 0 aliphatic heterocycles. The Morgan fingerprint density at radius 1 is 1.58 bits per heavy atom. The van der Waals surface area contributed by atoms with Gasteiger partial charge in [0.2, 0.25) is 0 Å². The Labute approximate surface area is 81.8 Å². The summed E-state index contributed by atoms with van der Waals surface area (Å²) >= 11 is 8.47. The monoisotopic (exact) mass is 251 g/mol. The number of oxime groups is 1. The zero-order chi connectivity index (χ0) is 9.14. The third kappa shape index (κ3) is 1.95. The fourth-order valence-corrected chi connectivity index (χ4v) is 1.20. The van der Waals surface area contributed by atoms with Crippen LogP contribution >= 0.6 is 27.5 Å². The average molecular weight is 252 g/mol. The molecular weight excluding hydrogens is 248 g/mol. The molecule has 0 spiro atoms. The van der Waals surface area contributed by atoms with Gasteiger partial charge in [0.25, 0.3) is 0 Å². The predicted molar refractivity (Wildman–Crippen MR) is 48.3 cm³/mol. The van der Waals surface area contributed by atoms with E-state index in [1.165, 1.54) is 12.1 Å². The minimum atomic E-state index is -0.535. The molecular formula is C7H4BrClFNO. The van der Waals surface area contributed by atoms with Gasteiger partial charge < -0.3 is 5.21 Å². The van der Waals surface area contributed by atoms with E-state index in [0.717, 1.165) is 0 Å². The number of hydrogen-bond acceptors (Lipinski definition) is 2. The molecule has 0 aromatic heterocycles. The molecule has 0 radical (unpaired) electrons. The fourth-order valence-electron chi connectivity index (χ4n) is 0.711. The Morgan fingerprint density at radius 3 is 2.75 bits per heavy atom. The lowest BCUT2D eigenvalue weighted by molar-refractivity contribution is 0.320. The first kappa shape index (κ1) is 9.48. The molecule has 0 aliphatic rings. The Kier molecular flexibility index (Phi) is 3.05. The molecule has 0 amide bonds. The molecule has 0 fully saturated rings. The summed E-state index contributed by atoms with van der Waals surface area (Å²) < 4.78 is 13.6. The van der Waals surface area contributed by atoms with Crippen molar-refractivity contribution in [3.05, 3.63) is 34.1 Å². The Balaban J connectivity index is 3.18. The second-order valence-electron chi connectivity index (χ2n) is 2.01. The van der Waals surface area contributed by atoms with Gasteiger partial charge in [-0.3, -0.25) is 0 Å². The van der Waals surface area contributed by atoms with Crippen molar-refractivity contribution in [2.45, 2.75) is 0 Å². The fraction of sp³-hybridized carbons (Fsp3) is 0. The van der Waals surface area contributed by atoms with E-state index in [9.17, 15) is 4.39 Å². The summed E-state index contributed by atoms with van der Waals surface area (Å²) in [6, 6.07) is 4.26. The molecule has 0 unspecified atom stereocenters. The van der Waals surface area contributed by atoms with Crippen molar-refractivity contribution < 1.29 is 9.60 Å². The van der Waals surface area contributed by atoms with Gasteiger partial charge in [0.1, 0.15) is 5.82 Å². The predicted octanol–water partition coefficient (Wildman–Crippen LogP) is 2.96. The third-order valence-corrected chi connectivity index (χ3v) is 2.01. The van der Waals surface area contributed by atoms with Gasteiger partial charge in [-0.1, -0.05) is 32.7 Å². The third-order valence-electron chi connectivity index (χ3n) is 1.24. The van der Waals surface area contributed by atoms with Gasteiger partial charge in [0, 0.05) is 4.47 Å². The number of benzene rings is 1. The maximum absolute atomic E-state index is 13.0. The van der Waals surface area contributed by atoms with Crippen LogP contribution in [-0.4, -0.2) is 10.4 Å². The lowest BCUT2D eigenvalue weighted by Gasteiger charge is -1.98. The van der Waals surface area contributed by atoms with Crippen LogP contribution in [0.1, 0.15) is 5.56 Å². The van der Waals surface area contributed by atoms with Gasteiger partial charge in [-0.2, -0.15) is 0 Å². The number of halogens is 3. The SMILES string of the molecule is O/N=C(/Cl)c1ccc(Br)cc1F. The van der Waals surface area contributed by atoms with Gasteiger partial charge in [-0.25, -0.2) is 4.39 Å². The minimum Gasteiger partial charge on any atom is -0.410 e. The quantitative estimate of drug-likeness (QED) is 0.465. The van der Waals surface area contributed by atoms with E-state index in [-0.39, 0.29) is 10.7 Å². The summed E-state index contributed by atoms with van der Waals surface area (Å²) in [4.78, 5) is 0. The van der Waals surface area contributed by atoms with Crippen LogP contribution in [0.15, 0.2) is 27.8 Å².